The lowest BCUT2D eigenvalue weighted by Gasteiger charge is -2.33. The predicted octanol–water partition coefficient (Wildman–Crippen LogP) is 4.46. The number of hydrogen-bond donors (Lipinski definition) is 3. The first-order valence-corrected chi connectivity index (χ1v) is 16.9. The van der Waals surface area contributed by atoms with Gasteiger partial charge in [0, 0.05) is 37.3 Å². The number of nitrogens with zero attached hydrogens (tertiary/aromatic N) is 6. The molecular formula is C31H46ClIN6O7S3. The lowest BCUT2D eigenvalue weighted by molar-refractivity contribution is -0.0154. The topological polar surface area (TPSA) is 156 Å². The molecule has 4 aliphatic rings. The minimum atomic E-state index is -0.266. The van der Waals surface area contributed by atoms with Gasteiger partial charge in [-0.05, 0) is 47.6 Å². The van der Waals surface area contributed by atoms with E-state index in [1.165, 1.54) is 11.8 Å². The molecule has 2 fully saturated rings. The first-order chi connectivity index (χ1) is 22.0. The molecule has 18 heteroatoms. The van der Waals surface area contributed by atoms with Gasteiger partial charge in [-0.15, -0.1) is 0 Å². The van der Waals surface area contributed by atoms with E-state index in [0.29, 0.717) is 55.0 Å². The van der Waals surface area contributed by atoms with Crippen LogP contribution in [0.15, 0.2) is 40.6 Å². The summed E-state index contributed by atoms with van der Waals surface area (Å²) in [5, 5.41) is 27.7. The number of halogens is 2. The summed E-state index contributed by atoms with van der Waals surface area (Å²) in [6, 6.07) is 4.48. The molecule has 3 aromatic heterocycles. The molecule has 13 nitrogen and oxygen atoms in total. The van der Waals surface area contributed by atoms with Crippen LogP contribution in [0, 0.1) is 15.4 Å². The number of aliphatic hydroxyl groups excluding tert-OH is 3. The smallest absolute Gasteiger partial charge is 0.175 e. The average Bonchev–Trinajstić information content (AvgIpc) is 3.68. The maximum Gasteiger partial charge on any atom is 0.175 e. The SMILES string of the molecule is C.C.OCOCC1C[C@H]2COc3c(I)ccnc3N2C1.OCOCC1C[C@H]2COc3c(Sc4cnc(Cl)c(CO)n4)ccnc3N2C1.S.S. The maximum absolute atomic E-state index is 9.33. The van der Waals surface area contributed by atoms with Gasteiger partial charge < -0.3 is 44.1 Å². The van der Waals surface area contributed by atoms with Crippen molar-refractivity contribution in [3.63, 3.8) is 0 Å². The summed E-state index contributed by atoms with van der Waals surface area (Å²) in [5.74, 6) is 4.17. The van der Waals surface area contributed by atoms with Gasteiger partial charge in [0.1, 0.15) is 37.5 Å². The minimum absolute atomic E-state index is 0. The van der Waals surface area contributed by atoms with Crippen LogP contribution in [0.4, 0.5) is 11.6 Å². The molecule has 2 saturated heterocycles. The summed E-state index contributed by atoms with van der Waals surface area (Å²) in [6.07, 6.45) is 7.13. The van der Waals surface area contributed by atoms with Gasteiger partial charge in [0.2, 0.25) is 0 Å². The van der Waals surface area contributed by atoms with Crippen LogP contribution in [0.1, 0.15) is 33.4 Å². The number of pyridine rings is 2. The molecule has 0 radical (unpaired) electrons. The van der Waals surface area contributed by atoms with Crippen molar-refractivity contribution in [1.82, 2.24) is 19.9 Å². The Kier molecular flexibility index (Phi) is 18.2. The first-order valence-electron chi connectivity index (χ1n) is 14.6. The number of ether oxygens (including phenoxy) is 4. The second kappa shape index (κ2) is 20.5. The number of aliphatic hydroxyl groups is 3. The fourth-order valence-corrected chi connectivity index (χ4v) is 7.72. The third-order valence-electron chi connectivity index (χ3n) is 8.10. The summed E-state index contributed by atoms with van der Waals surface area (Å²) >= 11 is 9.59. The molecule has 274 valence electrons. The Balaban J connectivity index is 0.000000335. The highest BCUT2D eigenvalue weighted by Crippen LogP contribution is 2.45. The van der Waals surface area contributed by atoms with Crippen LogP contribution in [0.2, 0.25) is 5.15 Å². The van der Waals surface area contributed by atoms with Crippen molar-refractivity contribution in [1.29, 1.82) is 0 Å². The molecule has 3 aromatic rings. The Morgan fingerprint density at radius 1 is 0.857 bits per heavy atom. The monoisotopic (exact) mass is 872 g/mol. The van der Waals surface area contributed by atoms with Gasteiger partial charge in [-0.25, -0.2) is 19.9 Å². The summed E-state index contributed by atoms with van der Waals surface area (Å²) in [5.41, 5.74) is 0.344. The molecule has 0 spiro atoms. The normalized spacial score (nSPS) is 20.9. The first kappa shape index (κ1) is 43.6. The highest BCUT2D eigenvalue weighted by Gasteiger charge is 2.40. The standard InChI is InChI=1S/C17H19ClN4O4S.C12H15IN2O3.2CH4.2H2S/c18-16-12(6-23)21-14(4-20-16)27-13-1-2-19-17-15(13)26-8-11-3-10(5-22(11)17)7-25-9-24;13-10-1-2-14-12-11(10)18-6-9-3-8(4-15(9)12)5-17-7-16;;;;/h1-2,4,10-11,23-24H,3,5-9H2;1-2,8-9,16H,3-7H2;2*1H4;2*1H2/t10?,11-;8?,9-;;;;/m00..../s1. The van der Waals surface area contributed by atoms with Crippen molar-refractivity contribution in [2.75, 3.05) is 62.9 Å². The number of anilines is 2. The molecule has 4 atom stereocenters. The van der Waals surface area contributed by atoms with Gasteiger partial charge in [-0.1, -0.05) is 38.2 Å². The molecule has 3 N–H and O–H groups in total. The average molecular weight is 873 g/mol. The quantitative estimate of drug-likeness (QED) is 0.205. The van der Waals surface area contributed by atoms with Crippen molar-refractivity contribution in [3.8, 4) is 11.5 Å². The second-order valence-corrected chi connectivity index (χ2v) is 13.6. The molecule has 7 rings (SSSR count). The van der Waals surface area contributed by atoms with Crippen LogP contribution >= 0.6 is 72.9 Å². The molecule has 0 saturated carbocycles. The second-order valence-electron chi connectivity index (χ2n) is 11.1. The van der Waals surface area contributed by atoms with E-state index in [4.69, 9.17) is 40.8 Å². The summed E-state index contributed by atoms with van der Waals surface area (Å²) in [6.45, 7) is 3.43. The van der Waals surface area contributed by atoms with Gasteiger partial charge in [-0.2, -0.15) is 27.0 Å². The summed E-state index contributed by atoms with van der Waals surface area (Å²) in [7, 11) is 0. The Labute approximate surface area is 324 Å². The van der Waals surface area contributed by atoms with E-state index in [-0.39, 0.29) is 73.2 Å². The van der Waals surface area contributed by atoms with Crippen LogP contribution in [0.5, 0.6) is 11.5 Å². The van der Waals surface area contributed by atoms with Crippen LogP contribution in [-0.4, -0.2) is 100 Å². The van der Waals surface area contributed by atoms with E-state index in [1.54, 1.807) is 12.4 Å². The van der Waals surface area contributed by atoms with Crippen molar-refractivity contribution in [3.05, 3.63) is 45.1 Å². The molecule has 4 aliphatic heterocycles. The van der Waals surface area contributed by atoms with Gasteiger partial charge in [0.05, 0.1) is 46.6 Å². The molecular weight excluding hydrogens is 827 g/mol. The molecule has 0 aliphatic carbocycles. The zero-order valence-electron chi connectivity index (χ0n) is 25.3. The molecule has 2 unspecified atom stereocenters. The fraction of sp³-hybridized carbons (Fsp3) is 0.548. The molecule has 0 bridgehead atoms. The van der Waals surface area contributed by atoms with E-state index in [1.807, 2.05) is 18.3 Å². The highest BCUT2D eigenvalue weighted by molar-refractivity contribution is 14.1. The fourth-order valence-electron chi connectivity index (χ4n) is 6.15. The van der Waals surface area contributed by atoms with E-state index in [2.05, 4.69) is 52.3 Å². The predicted molar refractivity (Wildman–Crippen MR) is 208 cm³/mol. The van der Waals surface area contributed by atoms with Gasteiger partial charge in [0.15, 0.2) is 28.3 Å². The van der Waals surface area contributed by atoms with E-state index in [0.717, 1.165) is 57.5 Å². The molecule has 0 amide bonds. The van der Waals surface area contributed by atoms with Crippen molar-refractivity contribution in [2.24, 2.45) is 11.8 Å². The molecule has 49 heavy (non-hydrogen) atoms. The van der Waals surface area contributed by atoms with E-state index < -0.39 is 0 Å². The third-order valence-corrected chi connectivity index (χ3v) is 10.2. The Morgan fingerprint density at radius 3 is 1.98 bits per heavy atom. The van der Waals surface area contributed by atoms with Crippen LogP contribution in [0.25, 0.3) is 0 Å². The minimum Gasteiger partial charge on any atom is -0.486 e. The number of rotatable bonds is 9. The number of hydrogen-bond acceptors (Lipinski definition) is 14. The lowest BCUT2D eigenvalue weighted by Crippen LogP contribution is -2.39. The van der Waals surface area contributed by atoms with Crippen LogP contribution in [0.3, 0.4) is 0 Å². The largest absolute Gasteiger partial charge is 0.486 e. The van der Waals surface area contributed by atoms with E-state index in [9.17, 15) is 5.11 Å². The van der Waals surface area contributed by atoms with Crippen LogP contribution in [-0.2, 0) is 16.1 Å². The van der Waals surface area contributed by atoms with E-state index >= 15 is 0 Å². The van der Waals surface area contributed by atoms with Crippen molar-refractivity contribution < 1.29 is 34.3 Å². The highest BCUT2D eigenvalue weighted by atomic mass is 127. The molecule has 7 heterocycles. The van der Waals surface area contributed by atoms with Gasteiger partial charge >= 0.3 is 0 Å². The Bertz CT molecular complexity index is 1490. The number of aromatic nitrogens is 4. The van der Waals surface area contributed by atoms with Crippen molar-refractivity contribution >= 4 is 84.6 Å². The number of fused-ring (bicyclic) bond motifs is 6. The maximum atomic E-state index is 9.33. The molecule has 0 aromatic carbocycles. The summed E-state index contributed by atoms with van der Waals surface area (Å²) < 4.78 is 23.2. The lowest BCUT2D eigenvalue weighted by atomic mass is 10.1. The van der Waals surface area contributed by atoms with Gasteiger partial charge in [0.25, 0.3) is 0 Å². The van der Waals surface area contributed by atoms with Crippen molar-refractivity contribution in [2.45, 2.75) is 56.3 Å². The zero-order chi connectivity index (χ0) is 31.3. The van der Waals surface area contributed by atoms with Crippen LogP contribution < -0.4 is 19.3 Å². The van der Waals surface area contributed by atoms with Gasteiger partial charge in [-0.3, -0.25) is 0 Å². The Morgan fingerprint density at radius 2 is 1.41 bits per heavy atom. The Hall–Kier alpha value is -1.55. The summed E-state index contributed by atoms with van der Waals surface area (Å²) in [4.78, 5) is 22.8. The third kappa shape index (κ3) is 10.1. The zero-order valence-corrected chi connectivity index (χ0v) is 31.0.